The molecule has 0 unspecified atom stereocenters. The largest absolute Gasteiger partial charge is 0.279 e. The van der Waals surface area contributed by atoms with E-state index in [4.69, 9.17) is 5.26 Å². The second kappa shape index (κ2) is 4.02. The fourth-order valence-electron chi connectivity index (χ4n) is 1.74. The van der Waals surface area contributed by atoms with Gasteiger partial charge in [-0.15, -0.1) is 0 Å². The number of benzene rings is 2. The summed E-state index contributed by atoms with van der Waals surface area (Å²) in [6.07, 6.45) is 2.19. The van der Waals surface area contributed by atoms with Gasteiger partial charge in [-0.25, -0.2) is 0 Å². The maximum atomic E-state index is 9.01. The molecule has 0 radical (unpaired) electrons. The van der Waals surface area contributed by atoms with E-state index in [1.54, 1.807) is 4.90 Å². The highest BCUT2D eigenvalue weighted by molar-refractivity contribution is 5.94. The van der Waals surface area contributed by atoms with Crippen LogP contribution in [0.5, 0.6) is 0 Å². The molecule has 0 aliphatic carbocycles. The van der Waals surface area contributed by atoms with Crippen LogP contribution in [0.15, 0.2) is 42.5 Å². The molecule has 0 bridgehead atoms. The first-order chi connectivity index (χ1) is 7.36. The van der Waals surface area contributed by atoms with Crippen molar-refractivity contribution >= 4 is 16.5 Å². The lowest BCUT2D eigenvalue weighted by Crippen LogP contribution is -2.15. The zero-order chi connectivity index (χ0) is 10.7. The molecule has 0 aromatic heterocycles. The van der Waals surface area contributed by atoms with Crippen LogP contribution in [0.2, 0.25) is 0 Å². The van der Waals surface area contributed by atoms with Crippen LogP contribution in [0.1, 0.15) is 6.92 Å². The molecular weight excluding hydrogens is 184 g/mol. The van der Waals surface area contributed by atoms with Gasteiger partial charge in [0.2, 0.25) is 0 Å². The third-order valence-corrected chi connectivity index (χ3v) is 2.49. The molecule has 0 atom stereocenters. The standard InChI is InChI=1S/C13H12N2/c1-2-15(10-14)13-9-5-7-11-6-3-4-8-12(11)13/h3-9H,2H2,1H3. The Balaban J connectivity index is 2.66. The van der Waals surface area contributed by atoms with Gasteiger partial charge in [0.15, 0.2) is 6.19 Å². The highest BCUT2D eigenvalue weighted by atomic mass is 15.1. The molecule has 0 spiro atoms. The summed E-state index contributed by atoms with van der Waals surface area (Å²) in [5.74, 6) is 0. The SMILES string of the molecule is CCN(C#N)c1cccc2ccccc12. The molecule has 2 aromatic carbocycles. The van der Waals surface area contributed by atoms with E-state index in [-0.39, 0.29) is 0 Å². The van der Waals surface area contributed by atoms with Crippen molar-refractivity contribution in [2.24, 2.45) is 0 Å². The summed E-state index contributed by atoms with van der Waals surface area (Å²) in [4.78, 5) is 1.70. The Morgan fingerprint density at radius 2 is 1.87 bits per heavy atom. The number of hydrogen-bond donors (Lipinski definition) is 0. The zero-order valence-corrected chi connectivity index (χ0v) is 8.64. The maximum absolute atomic E-state index is 9.01. The van der Waals surface area contributed by atoms with Crippen LogP contribution in [0, 0.1) is 11.5 Å². The van der Waals surface area contributed by atoms with E-state index < -0.39 is 0 Å². The molecule has 0 N–H and O–H groups in total. The smallest absolute Gasteiger partial charge is 0.184 e. The van der Waals surface area contributed by atoms with E-state index in [0.29, 0.717) is 6.54 Å². The Labute approximate surface area is 89.4 Å². The second-order valence-corrected chi connectivity index (χ2v) is 3.34. The van der Waals surface area contributed by atoms with Gasteiger partial charge in [-0.05, 0) is 18.4 Å². The van der Waals surface area contributed by atoms with Crippen molar-refractivity contribution < 1.29 is 0 Å². The Bertz CT molecular complexity index is 506. The van der Waals surface area contributed by atoms with Crippen molar-refractivity contribution in [1.29, 1.82) is 5.26 Å². The van der Waals surface area contributed by atoms with Crippen molar-refractivity contribution in [2.45, 2.75) is 6.92 Å². The third-order valence-electron chi connectivity index (χ3n) is 2.49. The minimum atomic E-state index is 0.699. The predicted molar refractivity (Wildman–Crippen MR) is 62.6 cm³/mol. The number of rotatable bonds is 2. The normalized spacial score (nSPS) is 9.87. The minimum absolute atomic E-state index is 0.699. The van der Waals surface area contributed by atoms with Crippen LogP contribution in [0.3, 0.4) is 0 Å². The number of hydrogen-bond acceptors (Lipinski definition) is 2. The summed E-state index contributed by atoms with van der Waals surface area (Å²) >= 11 is 0. The van der Waals surface area contributed by atoms with E-state index >= 15 is 0 Å². The first-order valence-corrected chi connectivity index (χ1v) is 5.02. The average molecular weight is 196 g/mol. The fraction of sp³-hybridized carbons (Fsp3) is 0.154. The van der Waals surface area contributed by atoms with E-state index in [1.807, 2.05) is 37.3 Å². The van der Waals surface area contributed by atoms with E-state index in [1.165, 1.54) is 5.39 Å². The lowest BCUT2D eigenvalue weighted by atomic mass is 10.1. The summed E-state index contributed by atoms with van der Waals surface area (Å²) in [5.41, 5.74) is 0.984. The van der Waals surface area contributed by atoms with E-state index in [0.717, 1.165) is 11.1 Å². The van der Waals surface area contributed by atoms with Gasteiger partial charge in [0.1, 0.15) is 0 Å². The fourth-order valence-corrected chi connectivity index (χ4v) is 1.74. The molecule has 2 nitrogen and oxygen atoms in total. The van der Waals surface area contributed by atoms with Gasteiger partial charge in [-0.1, -0.05) is 36.4 Å². The highest BCUT2D eigenvalue weighted by Crippen LogP contribution is 2.25. The second-order valence-electron chi connectivity index (χ2n) is 3.34. The van der Waals surface area contributed by atoms with E-state index in [9.17, 15) is 0 Å². The lowest BCUT2D eigenvalue weighted by molar-refractivity contribution is 1.03. The summed E-state index contributed by atoms with van der Waals surface area (Å²) in [5, 5.41) is 11.3. The topological polar surface area (TPSA) is 27.0 Å². The molecule has 15 heavy (non-hydrogen) atoms. The molecule has 0 aliphatic rings. The first-order valence-electron chi connectivity index (χ1n) is 5.02. The van der Waals surface area contributed by atoms with Gasteiger partial charge in [-0.2, -0.15) is 5.26 Å². The summed E-state index contributed by atoms with van der Waals surface area (Å²) in [6.45, 7) is 2.68. The molecule has 0 amide bonds. The Morgan fingerprint density at radius 1 is 1.13 bits per heavy atom. The summed E-state index contributed by atoms with van der Waals surface area (Å²) < 4.78 is 0. The van der Waals surface area contributed by atoms with Crippen LogP contribution >= 0.6 is 0 Å². The van der Waals surface area contributed by atoms with Crippen molar-refractivity contribution in [3.05, 3.63) is 42.5 Å². The van der Waals surface area contributed by atoms with Crippen molar-refractivity contribution in [3.63, 3.8) is 0 Å². The van der Waals surface area contributed by atoms with Gasteiger partial charge in [0.05, 0.1) is 5.69 Å². The molecule has 0 saturated heterocycles. The average Bonchev–Trinajstić information content (AvgIpc) is 2.31. The van der Waals surface area contributed by atoms with Crippen molar-refractivity contribution in [1.82, 2.24) is 0 Å². The van der Waals surface area contributed by atoms with Gasteiger partial charge >= 0.3 is 0 Å². The van der Waals surface area contributed by atoms with Crippen LogP contribution in [-0.4, -0.2) is 6.54 Å². The molecule has 74 valence electrons. The zero-order valence-electron chi connectivity index (χ0n) is 8.64. The number of nitrogens with zero attached hydrogens (tertiary/aromatic N) is 2. The molecular formula is C13H12N2. The van der Waals surface area contributed by atoms with Crippen LogP contribution in [-0.2, 0) is 0 Å². The van der Waals surface area contributed by atoms with Gasteiger partial charge in [0, 0.05) is 11.9 Å². The van der Waals surface area contributed by atoms with Crippen LogP contribution in [0.25, 0.3) is 10.8 Å². The molecule has 0 saturated carbocycles. The quantitative estimate of drug-likeness (QED) is 0.545. The van der Waals surface area contributed by atoms with Gasteiger partial charge < -0.3 is 0 Å². The highest BCUT2D eigenvalue weighted by Gasteiger charge is 2.06. The minimum Gasteiger partial charge on any atom is -0.279 e. The summed E-state index contributed by atoms with van der Waals surface area (Å²) in [6, 6.07) is 14.1. The van der Waals surface area contributed by atoms with Gasteiger partial charge in [0.25, 0.3) is 0 Å². The monoisotopic (exact) mass is 196 g/mol. The van der Waals surface area contributed by atoms with E-state index in [2.05, 4.69) is 18.3 Å². The Kier molecular flexibility index (Phi) is 2.55. The number of fused-ring (bicyclic) bond motifs is 1. The molecule has 2 heteroatoms. The van der Waals surface area contributed by atoms with Crippen LogP contribution < -0.4 is 4.90 Å². The number of nitriles is 1. The Hall–Kier alpha value is -2.01. The van der Waals surface area contributed by atoms with Crippen molar-refractivity contribution in [2.75, 3.05) is 11.4 Å². The van der Waals surface area contributed by atoms with Crippen LogP contribution in [0.4, 0.5) is 5.69 Å². The first kappa shape index (κ1) is 9.54. The third kappa shape index (κ3) is 1.64. The molecule has 0 heterocycles. The molecule has 2 rings (SSSR count). The molecule has 2 aromatic rings. The summed E-state index contributed by atoms with van der Waals surface area (Å²) in [7, 11) is 0. The predicted octanol–water partition coefficient (Wildman–Crippen LogP) is 3.15. The molecule has 0 fully saturated rings. The number of anilines is 1. The Morgan fingerprint density at radius 3 is 2.60 bits per heavy atom. The molecule has 0 aliphatic heterocycles. The van der Waals surface area contributed by atoms with Gasteiger partial charge in [-0.3, -0.25) is 4.90 Å². The maximum Gasteiger partial charge on any atom is 0.184 e. The lowest BCUT2D eigenvalue weighted by Gasteiger charge is -2.15. The van der Waals surface area contributed by atoms with Crippen molar-refractivity contribution in [3.8, 4) is 6.19 Å².